The molecule has 0 unspecified atom stereocenters. The minimum Gasteiger partial charge on any atom is -0.333 e. The highest BCUT2D eigenvalue weighted by Crippen LogP contribution is 2.39. The highest BCUT2D eigenvalue weighted by molar-refractivity contribution is 7.11. The summed E-state index contributed by atoms with van der Waals surface area (Å²) in [5.74, 6) is 1.25. The Hall–Kier alpha value is -0.970. The highest BCUT2D eigenvalue weighted by Gasteiger charge is 2.36. The van der Waals surface area contributed by atoms with Gasteiger partial charge in [-0.3, -0.25) is 4.79 Å². The molecule has 168 valence electrons. The minimum absolute atomic E-state index is 0.188. The summed E-state index contributed by atoms with van der Waals surface area (Å²) < 4.78 is 0. The average molecular weight is 432 g/mol. The van der Waals surface area contributed by atoms with Crippen LogP contribution in [-0.2, 0) is 4.79 Å². The third-order valence-corrected chi connectivity index (χ3v) is 8.87. The fourth-order valence-electron chi connectivity index (χ4n) is 5.83. The van der Waals surface area contributed by atoms with Gasteiger partial charge in [0.25, 0.3) is 0 Å². The molecule has 0 aromatic carbocycles. The van der Waals surface area contributed by atoms with Crippen molar-refractivity contribution >= 4 is 17.2 Å². The lowest BCUT2D eigenvalue weighted by Gasteiger charge is -2.27. The standard InChI is InChI=1S/C25H41N3OS/c29-25(21-16-11-7-3-4-8-12-17-21)28-19-13-18-22(28)24-27-26-23(30-24)20-14-9-5-1-2-6-10-15-20/h20-22H,1-19H2/t22-/m0/s1. The Bertz CT molecular complexity index is 641. The van der Waals surface area contributed by atoms with Crippen molar-refractivity contribution in [3.8, 4) is 0 Å². The molecule has 3 fully saturated rings. The van der Waals surface area contributed by atoms with Gasteiger partial charge in [0.1, 0.15) is 10.0 Å². The summed E-state index contributed by atoms with van der Waals surface area (Å²) in [4.78, 5) is 15.7. The lowest BCUT2D eigenvalue weighted by molar-refractivity contribution is -0.137. The van der Waals surface area contributed by atoms with E-state index in [0.29, 0.717) is 11.8 Å². The zero-order valence-electron chi connectivity index (χ0n) is 18.8. The smallest absolute Gasteiger partial charge is 0.226 e. The number of aromatic nitrogens is 2. The molecule has 1 amide bonds. The van der Waals surface area contributed by atoms with Gasteiger partial charge in [-0.1, -0.05) is 88.4 Å². The van der Waals surface area contributed by atoms with E-state index < -0.39 is 0 Å². The van der Waals surface area contributed by atoms with E-state index in [0.717, 1.165) is 37.2 Å². The van der Waals surface area contributed by atoms with Crippen LogP contribution in [0.5, 0.6) is 0 Å². The first-order valence-electron chi connectivity index (χ1n) is 13.0. The predicted molar refractivity (Wildman–Crippen MR) is 124 cm³/mol. The van der Waals surface area contributed by atoms with Crippen LogP contribution in [0.3, 0.4) is 0 Å². The van der Waals surface area contributed by atoms with Gasteiger partial charge in [-0.05, 0) is 38.5 Å². The van der Waals surface area contributed by atoms with Crippen molar-refractivity contribution < 1.29 is 4.79 Å². The van der Waals surface area contributed by atoms with Gasteiger partial charge in [0.2, 0.25) is 5.91 Å². The summed E-state index contributed by atoms with van der Waals surface area (Å²) in [7, 11) is 0. The maximum atomic E-state index is 13.5. The summed E-state index contributed by atoms with van der Waals surface area (Å²) >= 11 is 1.82. The molecule has 2 aliphatic carbocycles. The van der Waals surface area contributed by atoms with Crippen LogP contribution in [0.2, 0.25) is 0 Å². The molecule has 0 spiro atoms. The van der Waals surface area contributed by atoms with E-state index in [1.54, 1.807) is 0 Å². The number of rotatable bonds is 3. The van der Waals surface area contributed by atoms with E-state index in [2.05, 4.69) is 15.1 Å². The van der Waals surface area contributed by atoms with Crippen LogP contribution in [0.25, 0.3) is 0 Å². The van der Waals surface area contributed by atoms with Crippen molar-refractivity contribution in [2.45, 2.75) is 128 Å². The molecule has 4 rings (SSSR count). The number of likely N-dealkylation sites (tertiary alicyclic amines) is 1. The number of hydrogen-bond acceptors (Lipinski definition) is 4. The molecule has 4 nitrogen and oxygen atoms in total. The summed E-state index contributed by atoms with van der Waals surface area (Å²) in [6.45, 7) is 0.915. The topological polar surface area (TPSA) is 46.1 Å². The summed E-state index contributed by atoms with van der Waals surface area (Å²) in [5, 5.41) is 11.7. The molecular formula is C25H41N3OS. The molecule has 1 aromatic rings. The molecule has 5 heteroatoms. The lowest BCUT2D eigenvalue weighted by Crippen LogP contribution is -2.35. The summed E-state index contributed by atoms with van der Waals surface area (Å²) in [6.07, 6.45) is 22.8. The molecule has 2 heterocycles. The van der Waals surface area contributed by atoms with Gasteiger partial charge in [-0.25, -0.2) is 0 Å². The van der Waals surface area contributed by atoms with E-state index in [9.17, 15) is 4.79 Å². The van der Waals surface area contributed by atoms with Gasteiger partial charge in [-0.2, -0.15) is 0 Å². The van der Waals surface area contributed by atoms with Crippen molar-refractivity contribution in [2.75, 3.05) is 6.54 Å². The first-order chi connectivity index (χ1) is 14.8. The Morgan fingerprint density at radius 2 is 1.20 bits per heavy atom. The number of hydrogen-bond donors (Lipinski definition) is 0. The van der Waals surface area contributed by atoms with Crippen LogP contribution in [0.15, 0.2) is 0 Å². The first-order valence-corrected chi connectivity index (χ1v) is 13.8. The molecule has 0 bridgehead atoms. The van der Waals surface area contributed by atoms with E-state index >= 15 is 0 Å². The van der Waals surface area contributed by atoms with Gasteiger partial charge in [-0.15, -0.1) is 10.2 Å². The van der Waals surface area contributed by atoms with Gasteiger partial charge in [0.05, 0.1) is 6.04 Å². The number of nitrogens with zero attached hydrogens (tertiary/aromatic N) is 3. The predicted octanol–water partition coefficient (Wildman–Crippen LogP) is 7.17. The van der Waals surface area contributed by atoms with Crippen LogP contribution >= 0.6 is 11.3 Å². The van der Waals surface area contributed by atoms with Crippen molar-refractivity contribution in [2.24, 2.45) is 5.92 Å². The molecule has 1 saturated heterocycles. The Morgan fingerprint density at radius 1 is 0.667 bits per heavy atom. The van der Waals surface area contributed by atoms with Crippen LogP contribution in [0, 0.1) is 5.92 Å². The maximum Gasteiger partial charge on any atom is 0.226 e. The lowest BCUT2D eigenvalue weighted by atomic mass is 9.95. The third kappa shape index (κ3) is 5.83. The normalized spacial score (nSPS) is 26.3. The van der Waals surface area contributed by atoms with Crippen LogP contribution in [0.4, 0.5) is 0 Å². The number of carbonyl (C=O) groups excluding carboxylic acids is 1. The average Bonchev–Trinajstić information content (AvgIpc) is 3.46. The van der Waals surface area contributed by atoms with E-state index in [4.69, 9.17) is 0 Å². The quantitative estimate of drug-likeness (QED) is 0.509. The van der Waals surface area contributed by atoms with Crippen LogP contribution < -0.4 is 0 Å². The Labute approximate surface area is 187 Å². The zero-order chi connectivity index (χ0) is 20.6. The number of carbonyl (C=O) groups is 1. The molecule has 30 heavy (non-hydrogen) atoms. The van der Waals surface area contributed by atoms with E-state index in [-0.39, 0.29) is 12.0 Å². The van der Waals surface area contributed by atoms with Gasteiger partial charge >= 0.3 is 0 Å². The van der Waals surface area contributed by atoms with Crippen LogP contribution in [-0.4, -0.2) is 27.5 Å². The monoisotopic (exact) mass is 431 g/mol. The van der Waals surface area contributed by atoms with Crippen molar-refractivity contribution in [3.63, 3.8) is 0 Å². The largest absolute Gasteiger partial charge is 0.333 e. The SMILES string of the molecule is O=C(C1CCCCCCCC1)N1CCC[C@H]1c1nnc(C2CCCCCCCC2)s1. The van der Waals surface area contributed by atoms with E-state index in [1.807, 2.05) is 11.3 Å². The molecule has 1 aromatic heterocycles. The van der Waals surface area contributed by atoms with Gasteiger partial charge in [0.15, 0.2) is 0 Å². The van der Waals surface area contributed by atoms with Crippen molar-refractivity contribution in [1.82, 2.24) is 15.1 Å². The second-order valence-corrected chi connectivity index (χ2v) is 11.0. The summed E-state index contributed by atoms with van der Waals surface area (Å²) in [5.41, 5.74) is 0. The molecule has 1 aliphatic heterocycles. The summed E-state index contributed by atoms with van der Waals surface area (Å²) in [6, 6.07) is 0.188. The third-order valence-electron chi connectivity index (χ3n) is 7.69. The molecule has 2 saturated carbocycles. The second kappa shape index (κ2) is 11.6. The molecular weight excluding hydrogens is 390 g/mol. The van der Waals surface area contributed by atoms with Crippen LogP contribution in [0.1, 0.15) is 138 Å². The zero-order valence-corrected chi connectivity index (χ0v) is 19.6. The fraction of sp³-hybridized carbons (Fsp3) is 0.880. The van der Waals surface area contributed by atoms with Crippen molar-refractivity contribution in [1.29, 1.82) is 0 Å². The fourth-order valence-corrected chi connectivity index (χ4v) is 6.99. The van der Waals surface area contributed by atoms with Crippen molar-refractivity contribution in [3.05, 3.63) is 10.0 Å². The van der Waals surface area contributed by atoms with E-state index in [1.165, 1.54) is 94.9 Å². The van der Waals surface area contributed by atoms with Gasteiger partial charge < -0.3 is 4.90 Å². The minimum atomic E-state index is 0.188. The molecule has 1 atom stereocenters. The Morgan fingerprint density at radius 3 is 1.83 bits per heavy atom. The molecule has 0 radical (unpaired) electrons. The highest BCUT2D eigenvalue weighted by atomic mass is 32.1. The Kier molecular flexibility index (Phi) is 8.59. The molecule has 3 aliphatic rings. The first kappa shape index (κ1) is 22.2. The Balaban J connectivity index is 1.42. The second-order valence-electron chi connectivity index (χ2n) is 9.96. The maximum absolute atomic E-state index is 13.5. The number of amides is 1. The molecule has 0 N–H and O–H groups in total. The van der Waals surface area contributed by atoms with Gasteiger partial charge in [0, 0.05) is 18.4 Å².